The summed E-state index contributed by atoms with van der Waals surface area (Å²) in [6.07, 6.45) is 75.8. The molecule has 0 aromatic rings. The second-order valence-corrected chi connectivity index (χ2v) is 24.4. The van der Waals surface area contributed by atoms with Crippen LogP contribution in [0.2, 0.25) is 0 Å². The predicted molar refractivity (Wildman–Crippen MR) is 337 cm³/mol. The van der Waals surface area contributed by atoms with Gasteiger partial charge in [0.15, 0.2) is 0 Å². The van der Waals surface area contributed by atoms with Gasteiger partial charge in [-0.2, -0.15) is 0 Å². The lowest BCUT2D eigenvalue weighted by Gasteiger charge is -2.27. The van der Waals surface area contributed by atoms with E-state index in [2.05, 4.69) is 99.0 Å². The van der Waals surface area contributed by atoms with Crippen LogP contribution in [0.1, 0.15) is 284 Å². The van der Waals surface area contributed by atoms with Crippen molar-refractivity contribution < 1.29 is 37.3 Å². The second-order valence-electron chi connectivity index (χ2n) is 22.9. The van der Waals surface area contributed by atoms with Gasteiger partial charge in [-0.15, -0.1) is 0 Å². The zero-order valence-electron chi connectivity index (χ0n) is 51.6. The van der Waals surface area contributed by atoms with Crippen molar-refractivity contribution in [3.05, 3.63) is 85.1 Å². The lowest BCUT2D eigenvalue weighted by atomic mass is 10.0. The van der Waals surface area contributed by atoms with Crippen LogP contribution in [0.5, 0.6) is 0 Å². The Morgan fingerprint density at radius 2 is 0.821 bits per heavy atom. The summed E-state index contributed by atoms with van der Waals surface area (Å²) in [5, 5.41) is 3.05. The maximum Gasteiger partial charge on any atom is 0.472 e. The van der Waals surface area contributed by atoms with Gasteiger partial charge in [0.05, 0.1) is 33.8 Å². The molecule has 3 atom stereocenters. The van der Waals surface area contributed by atoms with E-state index in [-0.39, 0.29) is 31.5 Å². The SMILES string of the molecule is CC/C=C/C/C=C/C/C=C/CCCCCCCCC(=O)NC(COP(=O)(O)OCC[N+](C)(C)C)C(/C=C\CCCCCCCCCCCCC)OC(=O)CCCCCCCCCCCC/C=C\C/C=C\C/C=C\CCCCC. The van der Waals surface area contributed by atoms with Crippen LogP contribution in [0.3, 0.4) is 0 Å². The van der Waals surface area contributed by atoms with Crippen molar-refractivity contribution in [2.24, 2.45) is 0 Å². The van der Waals surface area contributed by atoms with Crippen LogP contribution >= 0.6 is 7.82 Å². The van der Waals surface area contributed by atoms with Gasteiger partial charge in [0.2, 0.25) is 5.91 Å². The Morgan fingerprint density at radius 3 is 1.26 bits per heavy atom. The summed E-state index contributed by atoms with van der Waals surface area (Å²) in [6, 6.07) is -0.861. The van der Waals surface area contributed by atoms with Crippen LogP contribution in [0.15, 0.2) is 85.1 Å². The number of phosphoric ester groups is 1. The third-order valence-electron chi connectivity index (χ3n) is 14.1. The number of rotatable bonds is 58. The van der Waals surface area contributed by atoms with Crippen LogP contribution in [0.25, 0.3) is 0 Å². The van der Waals surface area contributed by atoms with E-state index >= 15 is 0 Å². The highest BCUT2D eigenvalue weighted by Crippen LogP contribution is 2.43. The molecule has 0 aliphatic carbocycles. The number of nitrogens with one attached hydrogen (secondary N) is 1. The Labute approximate surface area is 482 Å². The molecule has 3 unspecified atom stereocenters. The number of ether oxygens (including phenoxy) is 1. The van der Waals surface area contributed by atoms with Gasteiger partial charge in [-0.3, -0.25) is 18.6 Å². The Morgan fingerprint density at radius 1 is 0.462 bits per heavy atom. The molecule has 0 bridgehead atoms. The lowest BCUT2D eigenvalue weighted by molar-refractivity contribution is -0.870. The zero-order chi connectivity index (χ0) is 57.2. The predicted octanol–water partition coefficient (Wildman–Crippen LogP) is 20.2. The van der Waals surface area contributed by atoms with Gasteiger partial charge in [0, 0.05) is 12.8 Å². The second kappa shape index (κ2) is 57.4. The molecule has 0 aliphatic heterocycles. The molecule has 0 aromatic carbocycles. The van der Waals surface area contributed by atoms with Crippen molar-refractivity contribution in [2.45, 2.75) is 296 Å². The number of unbranched alkanes of at least 4 members (excludes halogenated alkanes) is 30. The van der Waals surface area contributed by atoms with Crippen molar-refractivity contribution in [2.75, 3.05) is 40.9 Å². The maximum absolute atomic E-state index is 13.6. The number of allylic oxidation sites excluding steroid dienone is 13. The van der Waals surface area contributed by atoms with Gasteiger partial charge in [-0.25, -0.2) is 4.57 Å². The van der Waals surface area contributed by atoms with Crippen LogP contribution in [-0.2, 0) is 27.9 Å². The van der Waals surface area contributed by atoms with E-state index in [4.69, 9.17) is 13.8 Å². The van der Waals surface area contributed by atoms with Crippen molar-refractivity contribution in [1.82, 2.24) is 5.32 Å². The standard InChI is InChI=1S/C68H123N2O7P/c1-7-10-13-16-19-22-25-28-30-32-33-34-35-36-37-38-40-43-46-49-52-55-58-61-68(72)77-66(59-56-53-50-47-44-41-27-24-21-18-15-12-9-3)65(64-76-78(73,74)75-63-62-70(4,5)6)69-67(71)60-57-54-51-48-45-42-39-31-29-26-23-20-17-14-11-8-2/h11,14,19-20,22-23,28-31,33-34,56,59,65-66H,7-10,12-13,15-18,21,24-27,32,35-55,57-58,60-64H2,1-6H3,(H-,69,71,73,74)/p+1/b14-11+,22-19-,23-20+,30-28-,31-29+,34-33-,59-56-. The van der Waals surface area contributed by atoms with Crippen LogP contribution < -0.4 is 5.32 Å². The maximum atomic E-state index is 13.6. The number of hydrogen-bond donors (Lipinski definition) is 2. The molecule has 10 heteroatoms. The summed E-state index contributed by atoms with van der Waals surface area (Å²) in [7, 11) is 1.48. The topological polar surface area (TPSA) is 111 Å². The highest BCUT2D eigenvalue weighted by Gasteiger charge is 2.30. The largest absolute Gasteiger partial charge is 0.472 e. The molecule has 0 radical (unpaired) electrons. The third kappa shape index (κ3) is 57.9. The number of hydrogen-bond acceptors (Lipinski definition) is 6. The molecule has 0 saturated carbocycles. The first kappa shape index (κ1) is 75.2. The molecular formula is C68H124N2O7P+. The summed E-state index contributed by atoms with van der Waals surface area (Å²) in [6.45, 7) is 6.87. The smallest absolute Gasteiger partial charge is 0.456 e. The Hall–Kier alpha value is -2.81. The van der Waals surface area contributed by atoms with Gasteiger partial charge in [0.25, 0.3) is 0 Å². The third-order valence-corrected chi connectivity index (χ3v) is 15.1. The van der Waals surface area contributed by atoms with Gasteiger partial charge < -0.3 is 19.4 Å². The Kier molecular flexibility index (Phi) is 55.4. The first-order valence-corrected chi connectivity index (χ1v) is 33.9. The number of esters is 1. The highest BCUT2D eigenvalue weighted by molar-refractivity contribution is 7.47. The van der Waals surface area contributed by atoms with Crippen molar-refractivity contribution in [3.8, 4) is 0 Å². The Balaban J connectivity index is 5.22. The number of carbonyl (C=O) groups is 2. The number of likely N-dealkylation sites (N-methyl/N-ethyl adjacent to an activating group) is 1. The summed E-state index contributed by atoms with van der Waals surface area (Å²) in [4.78, 5) is 37.8. The minimum Gasteiger partial charge on any atom is -0.456 e. The van der Waals surface area contributed by atoms with Gasteiger partial charge in [-0.05, 0) is 102 Å². The van der Waals surface area contributed by atoms with E-state index in [9.17, 15) is 19.0 Å². The first-order valence-electron chi connectivity index (χ1n) is 32.4. The number of carbonyl (C=O) groups excluding carboxylic acids is 2. The van der Waals surface area contributed by atoms with Crippen LogP contribution in [0.4, 0.5) is 0 Å². The fourth-order valence-electron chi connectivity index (χ4n) is 9.08. The van der Waals surface area contributed by atoms with E-state index in [1.54, 1.807) is 0 Å². The number of nitrogens with zero attached hydrogens (tertiary/aromatic N) is 1. The molecule has 2 N–H and O–H groups in total. The van der Waals surface area contributed by atoms with Crippen LogP contribution in [0, 0.1) is 0 Å². The van der Waals surface area contributed by atoms with Gasteiger partial charge in [0.1, 0.15) is 19.3 Å². The average Bonchev–Trinajstić information content (AvgIpc) is 3.40. The Bertz CT molecular complexity index is 1610. The summed E-state index contributed by atoms with van der Waals surface area (Å²) >= 11 is 0. The minimum atomic E-state index is -4.46. The van der Waals surface area contributed by atoms with Crippen molar-refractivity contribution in [3.63, 3.8) is 0 Å². The molecule has 0 fully saturated rings. The van der Waals surface area contributed by atoms with E-state index < -0.39 is 20.0 Å². The van der Waals surface area contributed by atoms with Crippen molar-refractivity contribution in [1.29, 1.82) is 0 Å². The molecule has 0 saturated heterocycles. The fraction of sp³-hybridized carbons (Fsp3) is 0.765. The zero-order valence-corrected chi connectivity index (χ0v) is 52.5. The number of phosphoric acid groups is 1. The quantitative estimate of drug-likeness (QED) is 0.0205. The van der Waals surface area contributed by atoms with Crippen LogP contribution in [-0.4, -0.2) is 74.3 Å². The minimum absolute atomic E-state index is 0.0338. The fourth-order valence-corrected chi connectivity index (χ4v) is 9.82. The van der Waals surface area contributed by atoms with E-state index in [0.717, 1.165) is 103 Å². The summed E-state index contributed by atoms with van der Waals surface area (Å²) in [5.74, 6) is -0.522. The summed E-state index contributed by atoms with van der Waals surface area (Å²) < 4.78 is 30.7. The van der Waals surface area contributed by atoms with Crippen molar-refractivity contribution >= 4 is 19.7 Å². The molecule has 0 heterocycles. The van der Waals surface area contributed by atoms with Gasteiger partial charge in [-0.1, -0.05) is 254 Å². The molecule has 0 rings (SSSR count). The van der Waals surface area contributed by atoms with E-state index in [1.165, 1.54) is 148 Å². The molecule has 0 aliphatic rings. The van der Waals surface area contributed by atoms with Gasteiger partial charge >= 0.3 is 13.8 Å². The lowest BCUT2D eigenvalue weighted by Crippen LogP contribution is -2.47. The highest BCUT2D eigenvalue weighted by atomic mass is 31.2. The monoisotopic (exact) mass is 1110 g/mol. The summed E-state index contributed by atoms with van der Waals surface area (Å²) in [5.41, 5.74) is 0. The molecule has 78 heavy (non-hydrogen) atoms. The molecule has 1 amide bonds. The normalized spacial score (nSPS) is 14.2. The molecule has 0 spiro atoms. The van der Waals surface area contributed by atoms with E-state index in [1.807, 2.05) is 33.3 Å². The first-order chi connectivity index (χ1) is 37.9. The average molecular weight is 1110 g/mol. The molecule has 0 aromatic heterocycles. The molecule has 9 nitrogen and oxygen atoms in total. The molecular weight excluding hydrogens is 988 g/mol. The van der Waals surface area contributed by atoms with E-state index in [0.29, 0.717) is 17.4 Å². The molecule has 452 valence electrons. The number of quaternary nitrogens is 1. The number of amides is 1.